The Balaban J connectivity index is 1.73. The summed E-state index contributed by atoms with van der Waals surface area (Å²) in [4.78, 5) is -0.607. The third kappa shape index (κ3) is 9.38. The van der Waals surface area contributed by atoms with Crippen LogP contribution in [-0.2, 0) is 39.5 Å². The average molecular weight is 877 g/mol. The molecule has 0 saturated heterocycles. The highest BCUT2D eigenvalue weighted by molar-refractivity contribution is 14.1. The van der Waals surface area contributed by atoms with Crippen molar-refractivity contribution in [3.8, 4) is 28.6 Å². The Morgan fingerprint density at radius 1 is 0.731 bits per heavy atom. The summed E-state index contributed by atoms with van der Waals surface area (Å²) in [7, 11) is -5.83. The molecule has 4 aromatic carbocycles. The molecule has 276 valence electrons. The molecule has 52 heavy (non-hydrogen) atoms. The van der Waals surface area contributed by atoms with Gasteiger partial charge < -0.3 is 14.2 Å². The van der Waals surface area contributed by atoms with Crippen LogP contribution in [0.2, 0.25) is 25.7 Å². The van der Waals surface area contributed by atoms with E-state index in [1.807, 2.05) is 46.9 Å². The lowest BCUT2D eigenvalue weighted by Crippen LogP contribution is -2.40. The molecule has 16 heteroatoms. The summed E-state index contributed by atoms with van der Waals surface area (Å²) in [5.74, 6) is 1.92. The number of benzene rings is 4. The number of rotatable bonds is 16. The Bertz CT molecular complexity index is 2160. The minimum atomic E-state index is -4.59. The molecule has 0 fully saturated rings. The third-order valence-corrected chi connectivity index (χ3v) is 15.2. The van der Waals surface area contributed by atoms with Crippen LogP contribution in [0.3, 0.4) is 0 Å². The fourth-order valence-electron chi connectivity index (χ4n) is 5.46. The van der Waals surface area contributed by atoms with Crippen molar-refractivity contribution in [2.24, 2.45) is 0 Å². The second-order valence-electron chi connectivity index (χ2n) is 13.4. The first-order valence-electron chi connectivity index (χ1n) is 16.4. The van der Waals surface area contributed by atoms with Gasteiger partial charge in [-0.1, -0.05) is 61.3 Å². The lowest BCUT2D eigenvalue weighted by atomic mass is 10.2. The maximum Gasteiger partial charge on any atom is 0.334 e. The molecule has 0 aliphatic heterocycles. The van der Waals surface area contributed by atoms with E-state index in [9.17, 15) is 8.42 Å². The highest BCUT2D eigenvalue weighted by Crippen LogP contribution is 2.38. The van der Waals surface area contributed by atoms with Gasteiger partial charge in [0.15, 0.2) is 15.1 Å². The zero-order chi connectivity index (χ0) is 37.7. The SMILES string of the molecule is COc1ccc(CN(Cc2ccc(OC)cc2)S(=O)(=O)c2c(S(=O)(=O)CC[Si](C)(C)C)ccc(I)c2-c2nn[nH][n+]2Cc2ccc(OC)cc2)cc1. The van der Waals surface area contributed by atoms with Crippen molar-refractivity contribution >= 4 is 50.5 Å². The predicted octanol–water partition coefficient (Wildman–Crippen LogP) is 5.94. The fraction of sp³-hybridized carbons (Fsp3) is 0.306. The van der Waals surface area contributed by atoms with Crippen LogP contribution < -0.4 is 18.9 Å². The summed E-state index contributed by atoms with van der Waals surface area (Å²) in [6.45, 7) is 6.40. The summed E-state index contributed by atoms with van der Waals surface area (Å²) in [6, 6.07) is 25.1. The number of sulfone groups is 1. The Labute approximate surface area is 320 Å². The standard InChI is InChI=1S/C36H42IN5O7S2Si/c1-47-29-13-7-26(8-14-29)23-41(24-27-9-15-30(48-2)16-10-27)51(45,46)35-33(50(43,44)21-22-52(4,5)6)20-19-32(37)34(35)36-38-39-40-42(36)25-28-11-17-31(49-3)18-12-28/h7-20H,21-25H2,1-6H3/p+1. The van der Waals surface area contributed by atoms with E-state index in [-0.39, 0.29) is 46.6 Å². The quantitative estimate of drug-likeness (QED) is 0.0724. The minimum Gasteiger partial charge on any atom is -0.497 e. The van der Waals surface area contributed by atoms with E-state index in [0.717, 1.165) is 5.56 Å². The zero-order valence-electron chi connectivity index (χ0n) is 30.0. The first-order chi connectivity index (χ1) is 24.6. The Morgan fingerprint density at radius 3 is 1.67 bits per heavy atom. The van der Waals surface area contributed by atoms with Crippen LogP contribution in [0.1, 0.15) is 16.7 Å². The highest BCUT2D eigenvalue weighted by atomic mass is 127. The van der Waals surface area contributed by atoms with E-state index in [1.54, 1.807) is 80.6 Å². The molecule has 0 atom stereocenters. The number of H-pyrrole nitrogens is 1. The van der Waals surface area contributed by atoms with Crippen molar-refractivity contribution in [1.29, 1.82) is 0 Å². The normalized spacial score (nSPS) is 12.2. The lowest BCUT2D eigenvalue weighted by molar-refractivity contribution is -0.736. The summed E-state index contributed by atoms with van der Waals surface area (Å²) in [6.07, 6.45) is 0. The van der Waals surface area contributed by atoms with Gasteiger partial charge in [-0.05, 0) is 93.9 Å². The molecule has 1 heterocycles. The van der Waals surface area contributed by atoms with Crippen molar-refractivity contribution in [3.63, 3.8) is 0 Å². The topological polar surface area (TPSA) is 145 Å². The fourth-order valence-corrected chi connectivity index (χ4v) is 13.1. The molecule has 5 aromatic rings. The van der Waals surface area contributed by atoms with Gasteiger partial charge in [-0.15, -0.1) is 0 Å². The van der Waals surface area contributed by atoms with Gasteiger partial charge in [-0.2, -0.15) is 8.99 Å². The smallest absolute Gasteiger partial charge is 0.334 e. The zero-order valence-corrected chi connectivity index (χ0v) is 34.7. The third-order valence-electron chi connectivity index (χ3n) is 8.45. The van der Waals surface area contributed by atoms with Crippen molar-refractivity contribution in [2.75, 3.05) is 27.1 Å². The number of aromatic amines is 1. The van der Waals surface area contributed by atoms with Crippen molar-refractivity contribution in [1.82, 2.24) is 19.8 Å². The van der Waals surface area contributed by atoms with Crippen molar-refractivity contribution in [3.05, 3.63) is 105 Å². The van der Waals surface area contributed by atoms with Crippen LogP contribution in [0.5, 0.6) is 17.2 Å². The number of tetrazole rings is 1. The molecule has 0 unspecified atom stereocenters. The second kappa shape index (κ2) is 16.4. The van der Waals surface area contributed by atoms with Crippen LogP contribution in [0.25, 0.3) is 11.4 Å². The molecule has 0 aliphatic carbocycles. The van der Waals surface area contributed by atoms with Crippen LogP contribution in [0.15, 0.2) is 94.7 Å². The van der Waals surface area contributed by atoms with E-state index < -0.39 is 27.9 Å². The first-order valence-corrected chi connectivity index (χ1v) is 24.3. The molecular weight excluding hydrogens is 834 g/mol. The molecular formula is C36H43IN5O7S2Si+. The maximum absolute atomic E-state index is 15.4. The number of aromatic nitrogens is 4. The highest BCUT2D eigenvalue weighted by Gasteiger charge is 2.39. The van der Waals surface area contributed by atoms with Gasteiger partial charge in [-0.3, -0.25) is 0 Å². The van der Waals surface area contributed by atoms with Gasteiger partial charge in [0.2, 0.25) is 10.0 Å². The number of nitrogens with zero attached hydrogens (tertiary/aromatic N) is 4. The van der Waals surface area contributed by atoms with Gasteiger partial charge in [0.05, 0.1) is 37.5 Å². The van der Waals surface area contributed by atoms with Gasteiger partial charge in [0.1, 0.15) is 33.8 Å². The van der Waals surface area contributed by atoms with E-state index >= 15 is 8.42 Å². The molecule has 0 radical (unpaired) electrons. The largest absolute Gasteiger partial charge is 0.497 e. The molecule has 0 bridgehead atoms. The molecule has 0 saturated carbocycles. The van der Waals surface area contributed by atoms with Crippen LogP contribution in [-0.4, -0.2) is 71.8 Å². The molecule has 5 rings (SSSR count). The van der Waals surface area contributed by atoms with Crippen molar-refractivity contribution in [2.45, 2.75) is 55.1 Å². The molecule has 0 amide bonds. The van der Waals surface area contributed by atoms with Crippen LogP contribution >= 0.6 is 22.6 Å². The van der Waals surface area contributed by atoms with Gasteiger partial charge in [0, 0.05) is 24.7 Å². The number of hydrogen-bond donors (Lipinski definition) is 1. The first kappa shape index (κ1) is 39.4. The van der Waals surface area contributed by atoms with Gasteiger partial charge >= 0.3 is 5.82 Å². The average Bonchev–Trinajstić information content (AvgIpc) is 3.58. The second-order valence-corrected chi connectivity index (χ2v) is 24.1. The molecule has 1 aromatic heterocycles. The molecule has 0 spiro atoms. The number of ether oxygens (including phenoxy) is 3. The number of halogens is 1. The maximum atomic E-state index is 15.4. The van der Waals surface area contributed by atoms with E-state index in [4.69, 9.17) is 14.2 Å². The van der Waals surface area contributed by atoms with Crippen molar-refractivity contribution < 1.29 is 35.7 Å². The molecule has 0 aliphatic rings. The summed E-state index contributed by atoms with van der Waals surface area (Å²) < 4.78 is 78.9. The Morgan fingerprint density at radius 2 is 1.21 bits per heavy atom. The monoisotopic (exact) mass is 876 g/mol. The van der Waals surface area contributed by atoms with Gasteiger partial charge in [-0.25, -0.2) is 16.8 Å². The Kier molecular flexibility index (Phi) is 12.5. The summed E-state index contributed by atoms with van der Waals surface area (Å²) in [5.41, 5.74) is 2.37. The van der Waals surface area contributed by atoms with Gasteiger partial charge in [0.25, 0.3) is 0 Å². The van der Waals surface area contributed by atoms with E-state index in [0.29, 0.717) is 38.0 Å². The molecule has 1 N–H and O–H groups in total. The molecule has 12 nitrogen and oxygen atoms in total. The lowest BCUT2D eigenvalue weighted by Gasteiger charge is -2.26. The number of hydrogen-bond acceptors (Lipinski definition) is 9. The Hall–Kier alpha value is -3.84. The minimum absolute atomic E-state index is 0.0532. The predicted molar refractivity (Wildman–Crippen MR) is 209 cm³/mol. The number of sulfonamides is 1. The van der Waals surface area contributed by atoms with E-state index in [2.05, 4.69) is 35.2 Å². The number of nitrogens with one attached hydrogen (secondary N) is 1. The van der Waals surface area contributed by atoms with Crippen LogP contribution in [0, 0.1) is 3.57 Å². The summed E-state index contributed by atoms with van der Waals surface area (Å²) in [5, 5.41) is 11.3. The van der Waals surface area contributed by atoms with E-state index in [1.165, 1.54) is 10.4 Å². The summed E-state index contributed by atoms with van der Waals surface area (Å²) >= 11 is 2.04. The van der Waals surface area contributed by atoms with Crippen LogP contribution in [0.4, 0.5) is 0 Å². The number of methoxy groups -OCH3 is 3.